The van der Waals surface area contributed by atoms with Gasteiger partial charge in [-0.3, -0.25) is 10.1 Å². The summed E-state index contributed by atoms with van der Waals surface area (Å²) in [6.45, 7) is 1.67. The van der Waals surface area contributed by atoms with Gasteiger partial charge in [-0.2, -0.15) is 4.98 Å². The minimum Gasteiger partial charge on any atom is -0.362 e. The first-order chi connectivity index (χ1) is 10.6. The van der Waals surface area contributed by atoms with Crippen LogP contribution in [-0.4, -0.2) is 27.6 Å². The van der Waals surface area contributed by atoms with Crippen molar-refractivity contribution < 1.29 is 14.1 Å². The molecule has 0 aliphatic rings. The van der Waals surface area contributed by atoms with E-state index in [1.165, 1.54) is 11.3 Å². The molecule has 7 nitrogen and oxygen atoms in total. The normalized spacial score (nSPS) is 11.0. The maximum absolute atomic E-state index is 11.8. The molecule has 0 saturated carbocycles. The van der Waals surface area contributed by atoms with E-state index < -0.39 is 0 Å². The highest BCUT2D eigenvalue weighted by Gasteiger charge is 2.09. The molecule has 0 spiro atoms. The summed E-state index contributed by atoms with van der Waals surface area (Å²) in [5.74, 6) is 0.553. The van der Waals surface area contributed by atoms with Crippen LogP contribution in [0.1, 0.15) is 11.7 Å². The van der Waals surface area contributed by atoms with Gasteiger partial charge < -0.3 is 9.26 Å². The molecule has 1 amide bonds. The molecular weight excluding hydrogens is 328 g/mol. The van der Waals surface area contributed by atoms with Gasteiger partial charge >= 0.3 is 0 Å². The quantitative estimate of drug-likeness (QED) is 0.769. The second kappa shape index (κ2) is 6.39. The van der Waals surface area contributed by atoms with Crippen LogP contribution in [0.5, 0.6) is 0 Å². The highest BCUT2D eigenvalue weighted by molar-refractivity contribution is 7.22. The number of ether oxygens (including phenoxy) is 1. The number of hydrogen-bond acceptors (Lipinski definition) is 7. The minimum atomic E-state index is -0.304. The first kappa shape index (κ1) is 14.9. The van der Waals surface area contributed by atoms with E-state index in [9.17, 15) is 4.79 Å². The Labute approximate surface area is 134 Å². The first-order valence-corrected chi connectivity index (χ1v) is 7.52. The van der Waals surface area contributed by atoms with Crippen LogP contribution in [0.25, 0.3) is 10.2 Å². The third-order valence-electron chi connectivity index (χ3n) is 2.63. The zero-order valence-electron chi connectivity index (χ0n) is 11.5. The van der Waals surface area contributed by atoms with E-state index in [1.807, 2.05) is 0 Å². The van der Waals surface area contributed by atoms with Gasteiger partial charge in [0.1, 0.15) is 13.2 Å². The molecular formula is C13H11ClN4O3S. The Morgan fingerprint density at radius 2 is 2.32 bits per heavy atom. The van der Waals surface area contributed by atoms with Crippen molar-refractivity contribution in [2.75, 3.05) is 11.9 Å². The van der Waals surface area contributed by atoms with Gasteiger partial charge in [0, 0.05) is 5.02 Å². The van der Waals surface area contributed by atoms with E-state index in [1.54, 1.807) is 25.1 Å². The van der Waals surface area contributed by atoms with Gasteiger partial charge in [0.05, 0.1) is 10.2 Å². The number of carbonyl (C=O) groups is 1. The highest BCUT2D eigenvalue weighted by atomic mass is 35.5. The Hall–Kier alpha value is -2.03. The molecule has 1 aromatic carbocycles. The van der Waals surface area contributed by atoms with E-state index in [0.717, 1.165) is 10.2 Å². The van der Waals surface area contributed by atoms with E-state index in [-0.39, 0.29) is 19.1 Å². The van der Waals surface area contributed by atoms with Gasteiger partial charge in [-0.25, -0.2) is 4.98 Å². The number of nitrogens with one attached hydrogen (secondary N) is 1. The summed E-state index contributed by atoms with van der Waals surface area (Å²) < 4.78 is 11.0. The van der Waals surface area contributed by atoms with Gasteiger partial charge in [-0.15, -0.1) is 0 Å². The SMILES string of the molecule is Cc1noc(COCC(=O)Nc2nc3ccc(Cl)cc3s2)n1. The number of benzene rings is 1. The Kier molecular flexibility index (Phi) is 4.32. The molecule has 3 rings (SSSR count). The van der Waals surface area contributed by atoms with Crippen molar-refractivity contribution in [1.82, 2.24) is 15.1 Å². The average Bonchev–Trinajstić information content (AvgIpc) is 3.04. The maximum Gasteiger partial charge on any atom is 0.252 e. The predicted octanol–water partition coefficient (Wildman–Crippen LogP) is 2.80. The van der Waals surface area contributed by atoms with Gasteiger partial charge in [0.25, 0.3) is 11.8 Å². The molecule has 0 unspecified atom stereocenters. The van der Waals surface area contributed by atoms with Gasteiger partial charge in [-0.05, 0) is 25.1 Å². The molecule has 2 heterocycles. The van der Waals surface area contributed by atoms with Crippen LogP contribution in [0.2, 0.25) is 5.02 Å². The van der Waals surface area contributed by atoms with Crippen molar-refractivity contribution in [2.45, 2.75) is 13.5 Å². The lowest BCUT2D eigenvalue weighted by molar-refractivity contribution is -0.121. The number of nitrogens with zero attached hydrogens (tertiary/aromatic N) is 3. The van der Waals surface area contributed by atoms with Gasteiger partial charge in [0.2, 0.25) is 0 Å². The summed E-state index contributed by atoms with van der Waals surface area (Å²) in [7, 11) is 0. The molecule has 1 N–H and O–H groups in total. The van der Waals surface area contributed by atoms with Crippen LogP contribution in [0.15, 0.2) is 22.7 Å². The molecule has 0 bridgehead atoms. The summed E-state index contributed by atoms with van der Waals surface area (Å²) in [5.41, 5.74) is 0.784. The molecule has 0 saturated heterocycles. The van der Waals surface area contributed by atoms with Crippen LogP contribution < -0.4 is 5.32 Å². The highest BCUT2D eigenvalue weighted by Crippen LogP contribution is 2.28. The Bertz CT molecular complexity index is 817. The molecule has 0 aliphatic carbocycles. The number of rotatable bonds is 5. The van der Waals surface area contributed by atoms with Crippen LogP contribution in [0, 0.1) is 6.92 Å². The van der Waals surface area contributed by atoms with Crippen molar-refractivity contribution in [3.05, 3.63) is 34.9 Å². The van der Waals surface area contributed by atoms with Gasteiger partial charge in [-0.1, -0.05) is 28.1 Å². The summed E-state index contributed by atoms with van der Waals surface area (Å²) in [4.78, 5) is 20.1. The van der Waals surface area contributed by atoms with Crippen molar-refractivity contribution in [3.8, 4) is 0 Å². The number of hydrogen-bond donors (Lipinski definition) is 1. The fourth-order valence-electron chi connectivity index (χ4n) is 1.74. The summed E-state index contributed by atoms with van der Waals surface area (Å²) >= 11 is 7.26. The number of fused-ring (bicyclic) bond motifs is 1. The van der Waals surface area contributed by atoms with Crippen molar-refractivity contribution in [2.24, 2.45) is 0 Å². The van der Waals surface area contributed by atoms with Crippen molar-refractivity contribution in [3.63, 3.8) is 0 Å². The number of halogens is 1. The molecule has 0 fully saturated rings. The van der Waals surface area contributed by atoms with E-state index in [2.05, 4.69) is 20.4 Å². The summed E-state index contributed by atoms with van der Waals surface area (Å²) in [6, 6.07) is 5.36. The van der Waals surface area contributed by atoms with E-state index in [0.29, 0.717) is 21.9 Å². The minimum absolute atomic E-state index is 0.0870. The van der Waals surface area contributed by atoms with Crippen LogP contribution >= 0.6 is 22.9 Å². The van der Waals surface area contributed by atoms with Crippen LogP contribution in [-0.2, 0) is 16.1 Å². The number of amides is 1. The van der Waals surface area contributed by atoms with Crippen LogP contribution in [0.4, 0.5) is 5.13 Å². The lowest BCUT2D eigenvalue weighted by Gasteiger charge is -2.01. The smallest absolute Gasteiger partial charge is 0.252 e. The molecule has 3 aromatic rings. The Morgan fingerprint density at radius 3 is 3.09 bits per heavy atom. The molecule has 0 radical (unpaired) electrons. The average molecular weight is 339 g/mol. The fraction of sp³-hybridized carbons (Fsp3) is 0.231. The zero-order chi connectivity index (χ0) is 15.5. The van der Waals surface area contributed by atoms with Gasteiger partial charge in [0.15, 0.2) is 11.0 Å². The molecule has 114 valence electrons. The topological polar surface area (TPSA) is 90.1 Å². The molecule has 22 heavy (non-hydrogen) atoms. The number of anilines is 1. The standard InChI is InChI=1S/C13H11ClN4O3S/c1-7-15-12(21-18-7)6-20-5-11(19)17-13-16-9-3-2-8(14)4-10(9)22-13/h2-4H,5-6H2,1H3,(H,16,17,19). The van der Waals surface area contributed by atoms with Crippen molar-refractivity contribution in [1.29, 1.82) is 0 Å². The second-order valence-electron chi connectivity index (χ2n) is 4.41. The largest absolute Gasteiger partial charge is 0.362 e. The third-order valence-corrected chi connectivity index (χ3v) is 3.79. The zero-order valence-corrected chi connectivity index (χ0v) is 13.1. The molecule has 0 aliphatic heterocycles. The predicted molar refractivity (Wildman–Crippen MR) is 82.0 cm³/mol. The second-order valence-corrected chi connectivity index (χ2v) is 5.87. The maximum atomic E-state index is 11.8. The molecule has 0 atom stereocenters. The van der Waals surface area contributed by atoms with Crippen LogP contribution in [0.3, 0.4) is 0 Å². The lowest BCUT2D eigenvalue weighted by atomic mass is 10.3. The molecule has 9 heteroatoms. The Balaban J connectivity index is 1.54. The molecule has 2 aromatic heterocycles. The Morgan fingerprint density at radius 1 is 1.45 bits per heavy atom. The number of carbonyl (C=O) groups excluding carboxylic acids is 1. The van der Waals surface area contributed by atoms with Crippen molar-refractivity contribution >= 4 is 44.2 Å². The number of aromatic nitrogens is 3. The monoisotopic (exact) mass is 338 g/mol. The van der Waals surface area contributed by atoms with E-state index >= 15 is 0 Å². The number of aryl methyl sites for hydroxylation is 1. The fourth-order valence-corrected chi connectivity index (χ4v) is 2.90. The third kappa shape index (κ3) is 3.59. The number of thiazole rings is 1. The summed E-state index contributed by atoms with van der Waals surface area (Å²) in [6.07, 6.45) is 0. The first-order valence-electron chi connectivity index (χ1n) is 6.33. The summed E-state index contributed by atoms with van der Waals surface area (Å²) in [5, 5.41) is 7.43. The lowest BCUT2D eigenvalue weighted by Crippen LogP contribution is -2.18. The van der Waals surface area contributed by atoms with E-state index in [4.69, 9.17) is 20.9 Å².